The van der Waals surface area contributed by atoms with Crippen molar-refractivity contribution in [3.63, 3.8) is 0 Å². The molecule has 0 amide bonds. The summed E-state index contributed by atoms with van der Waals surface area (Å²) in [5.41, 5.74) is 0. The third-order valence-electron chi connectivity index (χ3n) is 4.70. The molecular weight excluding hydrogens is 260 g/mol. The van der Waals surface area contributed by atoms with Crippen LogP contribution in [0.25, 0.3) is 0 Å². The zero-order valence-corrected chi connectivity index (χ0v) is 13.5. The van der Waals surface area contributed by atoms with E-state index in [2.05, 4.69) is 13.8 Å². The van der Waals surface area contributed by atoms with Gasteiger partial charge in [-0.1, -0.05) is 20.8 Å². The van der Waals surface area contributed by atoms with Gasteiger partial charge < -0.3 is 5.11 Å². The summed E-state index contributed by atoms with van der Waals surface area (Å²) in [6.07, 6.45) is 5.56. The van der Waals surface area contributed by atoms with Crippen molar-refractivity contribution >= 4 is 9.84 Å². The molecule has 19 heavy (non-hydrogen) atoms. The third kappa shape index (κ3) is 5.82. The van der Waals surface area contributed by atoms with Gasteiger partial charge in [0, 0.05) is 5.75 Å². The van der Waals surface area contributed by atoms with Crippen LogP contribution in [0.5, 0.6) is 0 Å². The van der Waals surface area contributed by atoms with E-state index in [1.807, 2.05) is 0 Å². The molecule has 1 N–H and O–H groups in total. The molecule has 3 nitrogen and oxygen atoms in total. The van der Waals surface area contributed by atoms with E-state index in [1.165, 1.54) is 12.8 Å². The van der Waals surface area contributed by atoms with Crippen LogP contribution in [0.15, 0.2) is 0 Å². The van der Waals surface area contributed by atoms with Crippen molar-refractivity contribution in [2.75, 3.05) is 11.5 Å². The van der Waals surface area contributed by atoms with Crippen molar-refractivity contribution < 1.29 is 13.5 Å². The average Bonchev–Trinajstić information content (AvgIpc) is 2.38. The SMILES string of the molecule is CCS(=O)(=O)CCCC(O)C1CCC(C(C)C)CC1. The quantitative estimate of drug-likeness (QED) is 0.784. The van der Waals surface area contributed by atoms with Gasteiger partial charge in [-0.2, -0.15) is 0 Å². The highest BCUT2D eigenvalue weighted by Gasteiger charge is 2.27. The van der Waals surface area contributed by atoms with Gasteiger partial charge in [-0.05, 0) is 56.3 Å². The topological polar surface area (TPSA) is 54.4 Å². The molecule has 0 spiro atoms. The molecule has 1 atom stereocenters. The highest BCUT2D eigenvalue weighted by Crippen LogP contribution is 2.35. The molecule has 1 aliphatic rings. The van der Waals surface area contributed by atoms with Gasteiger partial charge in [0.05, 0.1) is 11.9 Å². The van der Waals surface area contributed by atoms with Gasteiger partial charge in [0.2, 0.25) is 0 Å². The first-order valence-electron chi connectivity index (χ1n) is 7.74. The minimum Gasteiger partial charge on any atom is -0.393 e. The molecule has 1 aliphatic carbocycles. The molecule has 4 heteroatoms. The second kappa shape index (κ2) is 7.63. The number of aliphatic hydroxyl groups excluding tert-OH is 1. The second-order valence-corrected chi connectivity index (χ2v) is 8.84. The molecule has 1 rings (SSSR count). The summed E-state index contributed by atoms with van der Waals surface area (Å²) in [5.74, 6) is 2.38. The molecule has 0 radical (unpaired) electrons. The maximum atomic E-state index is 11.4. The Hall–Kier alpha value is -0.0900. The molecule has 0 aromatic heterocycles. The monoisotopic (exact) mass is 290 g/mol. The summed E-state index contributed by atoms with van der Waals surface area (Å²) >= 11 is 0. The predicted octanol–water partition coefficient (Wildman–Crippen LogP) is 3.02. The first-order chi connectivity index (χ1) is 8.85. The molecular formula is C15H30O3S. The molecule has 1 fully saturated rings. The first-order valence-corrected chi connectivity index (χ1v) is 9.56. The van der Waals surface area contributed by atoms with Crippen LogP contribution < -0.4 is 0 Å². The summed E-state index contributed by atoms with van der Waals surface area (Å²) in [4.78, 5) is 0. The fraction of sp³-hybridized carbons (Fsp3) is 1.00. The summed E-state index contributed by atoms with van der Waals surface area (Å²) in [5, 5.41) is 10.2. The predicted molar refractivity (Wildman–Crippen MR) is 79.9 cm³/mol. The highest BCUT2D eigenvalue weighted by atomic mass is 32.2. The Morgan fingerprint density at radius 1 is 1.11 bits per heavy atom. The lowest BCUT2D eigenvalue weighted by Gasteiger charge is -2.33. The fourth-order valence-corrected chi connectivity index (χ4v) is 3.98. The second-order valence-electron chi connectivity index (χ2n) is 6.36. The van der Waals surface area contributed by atoms with Crippen LogP contribution >= 0.6 is 0 Å². The summed E-state index contributed by atoms with van der Waals surface area (Å²) < 4.78 is 22.8. The van der Waals surface area contributed by atoms with E-state index in [4.69, 9.17) is 0 Å². The number of hydrogen-bond acceptors (Lipinski definition) is 3. The Labute approximate surface area is 118 Å². The van der Waals surface area contributed by atoms with E-state index in [0.29, 0.717) is 18.8 Å². The van der Waals surface area contributed by atoms with E-state index in [-0.39, 0.29) is 17.6 Å². The minimum atomic E-state index is -2.88. The van der Waals surface area contributed by atoms with Crippen LogP contribution in [0, 0.1) is 17.8 Å². The molecule has 0 aromatic carbocycles. The Bertz CT molecular complexity index is 340. The van der Waals surface area contributed by atoms with Gasteiger partial charge in [0.25, 0.3) is 0 Å². The molecule has 0 aliphatic heterocycles. The largest absolute Gasteiger partial charge is 0.393 e. The van der Waals surface area contributed by atoms with E-state index in [0.717, 1.165) is 24.7 Å². The van der Waals surface area contributed by atoms with Gasteiger partial charge in [0.15, 0.2) is 0 Å². The van der Waals surface area contributed by atoms with Crippen LogP contribution in [0.1, 0.15) is 59.3 Å². The van der Waals surface area contributed by atoms with Crippen LogP contribution in [-0.4, -0.2) is 31.1 Å². The van der Waals surface area contributed by atoms with E-state index < -0.39 is 9.84 Å². The van der Waals surface area contributed by atoms with Gasteiger partial charge in [-0.3, -0.25) is 0 Å². The Kier molecular flexibility index (Phi) is 6.81. The van der Waals surface area contributed by atoms with Crippen molar-refractivity contribution in [3.8, 4) is 0 Å². The molecule has 1 unspecified atom stereocenters. The first kappa shape index (κ1) is 17.0. The molecule has 1 saturated carbocycles. The van der Waals surface area contributed by atoms with Crippen molar-refractivity contribution in [2.45, 2.75) is 65.4 Å². The number of sulfone groups is 1. The summed E-state index contributed by atoms with van der Waals surface area (Å²) in [7, 11) is -2.88. The van der Waals surface area contributed by atoms with E-state index in [9.17, 15) is 13.5 Å². The summed E-state index contributed by atoms with van der Waals surface area (Å²) in [6, 6.07) is 0. The summed E-state index contributed by atoms with van der Waals surface area (Å²) in [6.45, 7) is 6.23. The normalized spacial score (nSPS) is 26.6. The lowest BCUT2D eigenvalue weighted by atomic mass is 9.74. The minimum absolute atomic E-state index is 0.211. The van der Waals surface area contributed by atoms with Crippen molar-refractivity contribution in [2.24, 2.45) is 17.8 Å². The molecule has 0 aromatic rings. The fourth-order valence-electron chi connectivity index (χ4n) is 3.09. The Morgan fingerprint density at radius 2 is 1.63 bits per heavy atom. The lowest BCUT2D eigenvalue weighted by Crippen LogP contribution is -2.27. The molecule has 114 valence electrons. The Balaban J connectivity index is 2.26. The number of rotatable bonds is 7. The van der Waals surface area contributed by atoms with Crippen LogP contribution in [0.4, 0.5) is 0 Å². The lowest BCUT2D eigenvalue weighted by molar-refractivity contribution is 0.0605. The van der Waals surface area contributed by atoms with Crippen LogP contribution in [0.3, 0.4) is 0 Å². The number of hydrogen-bond donors (Lipinski definition) is 1. The van der Waals surface area contributed by atoms with Crippen LogP contribution in [0.2, 0.25) is 0 Å². The van der Waals surface area contributed by atoms with Crippen molar-refractivity contribution in [3.05, 3.63) is 0 Å². The van der Waals surface area contributed by atoms with E-state index in [1.54, 1.807) is 6.92 Å². The van der Waals surface area contributed by atoms with Gasteiger partial charge >= 0.3 is 0 Å². The molecule has 0 heterocycles. The van der Waals surface area contributed by atoms with Gasteiger partial charge in [0.1, 0.15) is 9.84 Å². The number of aliphatic hydroxyl groups is 1. The highest BCUT2D eigenvalue weighted by molar-refractivity contribution is 7.91. The third-order valence-corrected chi connectivity index (χ3v) is 6.49. The smallest absolute Gasteiger partial charge is 0.150 e. The van der Waals surface area contributed by atoms with E-state index >= 15 is 0 Å². The zero-order valence-electron chi connectivity index (χ0n) is 12.6. The Morgan fingerprint density at radius 3 is 2.11 bits per heavy atom. The average molecular weight is 290 g/mol. The maximum absolute atomic E-state index is 11.4. The molecule has 0 bridgehead atoms. The zero-order chi connectivity index (χ0) is 14.5. The van der Waals surface area contributed by atoms with Crippen LogP contribution in [-0.2, 0) is 9.84 Å². The standard InChI is InChI=1S/C15H30O3S/c1-4-19(17,18)11-5-6-15(16)14-9-7-13(8-10-14)12(2)3/h12-16H,4-11H2,1-3H3. The van der Waals surface area contributed by atoms with Crippen molar-refractivity contribution in [1.82, 2.24) is 0 Å². The maximum Gasteiger partial charge on any atom is 0.150 e. The van der Waals surface area contributed by atoms with Crippen molar-refractivity contribution in [1.29, 1.82) is 0 Å². The molecule has 0 saturated heterocycles. The van der Waals surface area contributed by atoms with Gasteiger partial charge in [-0.15, -0.1) is 0 Å². The van der Waals surface area contributed by atoms with Gasteiger partial charge in [-0.25, -0.2) is 8.42 Å².